The number of carboxylic acids is 1. The molecule has 2 aromatic rings. The number of hydrogen-bond donors (Lipinski definition) is 1. The molecule has 2 rings (SSSR count). The Morgan fingerprint density at radius 2 is 1.59 bits per heavy atom. The minimum absolute atomic E-state index is 0.653. The molecular formula is C19H15NO2. The highest BCUT2D eigenvalue weighted by Gasteiger charge is 1.98. The Morgan fingerprint density at radius 3 is 2.14 bits per heavy atom. The average molecular weight is 289 g/mol. The molecule has 3 heteroatoms. The third kappa shape index (κ3) is 4.46. The summed E-state index contributed by atoms with van der Waals surface area (Å²) in [5, 5.41) is 17.3. The largest absolute Gasteiger partial charge is 0.478 e. The number of carbonyl (C=O) groups is 1. The molecular weight excluding hydrogens is 274 g/mol. The van der Waals surface area contributed by atoms with Gasteiger partial charge in [0.1, 0.15) is 0 Å². The first-order chi connectivity index (χ1) is 10.7. The number of nitriles is 1. The molecule has 0 spiro atoms. The van der Waals surface area contributed by atoms with E-state index >= 15 is 0 Å². The SMILES string of the molecule is N#Cc1ccc(-c2ccc(C/C=C/C=C/C(=O)O)cc2)cc1. The van der Waals surface area contributed by atoms with Gasteiger partial charge in [0.2, 0.25) is 0 Å². The lowest BCUT2D eigenvalue weighted by Gasteiger charge is -2.03. The Morgan fingerprint density at radius 1 is 1.00 bits per heavy atom. The number of allylic oxidation sites excluding steroid dienone is 3. The third-order valence-electron chi connectivity index (χ3n) is 3.14. The first-order valence-electron chi connectivity index (χ1n) is 6.84. The smallest absolute Gasteiger partial charge is 0.328 e. The average Bonchev–Trinajstić information content (AvgIpc) is 2.55. The quantitative estimate of drug-likeness (QED) is 0.669. The fourth-order valence-electron chi connectivity index (χ4n) is 1.99. The fraction of sp³-hybridized carbons (Fsp3) is 0.0526. The number of hydrogen-bond acceptors (Lipinski definition) is 2. The van der Waals surface area contributed by atoms with Crippen LogP contribution in [0.15, 0.2) is 72.8 Å². The molecule has 1 N–H and O–H groups in total. The molecule has 0 aliphatic rings. The third-order valence-corrected chi connectivity index (χ3v) is 3.14. The van der Waals surface area contributed by atoms with Crippen LogP contribution in [0.2, 0.25) is 0 Å². The van der Waals surface area contributed by atoms with Crippen LogP contribution in [0.4, 0.5) is 0 Å². The van der Waals surface area contributed by atoms with Crippen molar-refractivity contribution in [1.82, 2.24) is 0 Å². The van der Waals surface area contributed by atoms with E-state index in [2.05, 4.69) is 6.07 Å². The molecule has 0 aliphatic heterocycles. The molecule has 0 fully saturated rings. The Hall–Kier alpha value is -3.12. The van der Waals surface area contributed by atoms with Crippen LogP contribution in [-0.2, 0) is 11.2 Å². The van der Waals surface area contributed by atoms with E-state index < -0.39 is 5.97 Å². The zero-order valence-corrected chi connectivity index (χ0v) is 11.9. The lowest BCUT2D eigenvalue weighted by atomic mass is 10.0. The summed E-state index contributed by atoms with van der Waals surface area (Å²) in [5.74, 6) is -0.948. The second-order valence-electron chi connectivity index (χ2n) is 4.72. The molecule has 0 radical (unpaired) electrons. The molecule has 0 saturated carbocycles. The maximum Gasteiger partial charge on any atom is 0.328 e. The van der Waals surface area contributed by atoms with Gasteiger partial charge in [-0.2, -0.15) is 5.26 Å². The van der Waals surface area contributed by atoms with Crippen LogP contribution >= 0.6 is 0 Å². The van der Waals surface area contributed by atoms with E-state index in [0.717, 1.165) is 29.2 Å². The van der Waals surface area contributed by atoms with Crippen LogP contribution in [0.5, 0.6) is 0 Å². The predicted octanol–water partition coefficient (Wildman–Crippen LogP) is 3.96. The second kappa shape index (κ2) is 7.61. The molecule has 0 unspecified atom stereocenters. The van der Waals surface area contributed by atoms with Gasteiger partial charge in [-0.25, -0.2) is 4.79 Å². The van der Waals surface area contributed by atoms with E-state index in [-0.39, 0.29) is 0 Å². The van der Waals surface area contributed by atoms with Gasteiger partial charge in [-0.15, -0.1) is 0 Å². The molecule has 108 valence electrons. The second-order valence-corrected chi connectivity index (χ2v) is 4.72. The maximum absolute atomic E-state index is 10.3. The number of rotatable bonds is 5. The van der Waals surface area contributed by atoms with Crippen molar-refractivity contribution < 1.29 is 9.90 Å². The topological polar surface area (TPSA) is 61.1 Å². The van der Waals surface area contributed by atoms with Crippen LogP contribution in [0.3, 0.4) is 0 Å². The highest BCUT2D eigenvalue weighted by atomic mass is 16.4. The molecule has 0 bridgehead atoms. The summed E-state index contributed by atoms with van der Waals surface area (Å²) in [5.41, 5.74) is 3.98. The minimum atomic E-state index is -0.948. The summed E-state index contributed by atoms with van der Waals surface area (Å²) in [7, 11) is 0. The van der Waals surface area contributed by atoms with Gasteiger partial charge in [-0.05, 0) is 35.2 Å². The lowest BCUT2D eigenvalue weighted by Crippen LogP contribution is -1.85. The summed E-state index contributed by atoms with van der Waals surface area (Å²) in [4.78, 5) is 10.3. The van der Waals surface area contributed by atoms with Crippen LogP contribution in [-0.4, -0.2) is 11.1 Å². The standard InChI is InChI=1S/C19H15NO2/c20-14-16-8-12-18(13-9-16)17-10-6-15(7-11-17)4-2-1-3-5-19(21)22/h1-3,5-13H,4H2,(H,21,22)/b2-1+,5-3+. The number of nitrogens with zero attached hydrogens (tertiary/aromatic N) is 1. The van der Waals surface area contributed by atoms with Crippen molar-refractivity contribution in [3.05, 3.63) is 84.0 Å². The number of aliphatic carboxylic acids is 1. The Balaban J connectivity index is 2.00. The van der Waals surface area contributed by atoms with Crippen molar-refractivity contribution in [2.24, 2.45) is 0 Å². The van der Waals surface area contributed by atoms with Gasteiger partial charge in [-0.3, -0.25) is 0 Å². The van der Waals surface area contributed by atoms with Crippen LogP contribution in [0, 0.1) is 11.3 Å². The molecule has 22 heavy (non-hydrogen) atoms. The van der Waals surface area contributed by atoms with E-state index in [9.17, 15) is 4.79 Å². The van der Waals surface area contributed by atoms with Crippen molar-refractivity contribution in [3.63, 3.8) is 0 Å². The molecule has 0 heterocycles. The van der Waals surface area contributed by atoms with E-state index in [0.29, 0.717) is 5.56 Å². The van der Waals surface area contributed by atoms with Crippen LogP contribution < -0.4 is 0 Å². The van der Waals surface area contributed by atoms with E-state index in [1.165, 1.54) is 6.08 Å². The van der Waals surface area contributed by atoms with Gasteiger partial charge in [0.25, 0.3) is 0 Å². The van der Waals surface area contributed by atoms with Crippen molar-refractivity contribution >= 4 is 5.97 Å². The summed E-state index contributed by atoms with van der Waals surface area (Å²) >= 11 is 0. The monoisotopic (exact) mass is 289 g/mol. The summed E-state index contributed by atoms with van der Waals surface area (Å²) in [6.45, 7) is 0. The van der Waals surface area contributed by atoms with Crippen molar-refractivity contribution in [2.45, 2.75) is 6.42 Å². The molecule has 2 aromatic carbocycles. The van der Waals surface area contributed by atoms with Gasteiger partial charge in [-0.1, -0.05) is 54.6 Å². The van der Waals surface area contributed by atoms with Crippen LogP contribution in [0.1, 0.15) is 11.1 Å². The number of benzene rings is 2. The van der Waals surface area contributed by atoms with Gasteiger partial charge < -0.3 is 5.11 Å². The van der Waals surface area contributed by atoms with E-state index in [1.807, 2.05) is 42.5 Å². The fourth-order valence-corrected chi connectivity index (χ4v) is 1.99. The van der Waals surface area contributed by atoms with Crippen LogP contribution in [0.25, 0.3) is 11.1 Å². The summed E-state index contributed by atoms with van der Waals surface area (Å²) < 4.78 is 0. The normalized spacial score (nSPS) is 10.9. The molecule has 0 aliphatic carbocycles. The van der Waals surface area contributed by atoms with Gasteiger partial charge >= 0.3 is 5.97 Å². The summed E-state index contributed by atoms with van der Waals surface area (Å²) in [6, 6.07) is 17.7. The Labute approximate surface area is 129 Å². The lowest BCUT2D eigenvalue weighted by molar-refractivity contribution is -0.131. The first-order valence-corrected chi connectivity index (χ1v) is 6.84. The molecule has 0 saturated heterocycles. The molecule has 0 atom stereocenters. The zero-order valence-electron chi connectivity index (χ0n) is 11.9. The zero-order chi connectivity index (χ0) is 15.8. The van der Waals surface area contributed by atoms with Crippen molar-refractivity contribution in [1.29, 1.82) is 5.26 Å². The van der Waals surface area contributed by atoms with Gasteiger partial charge in [0.05, 0.1) is 11.6 Å². The summed E-state index contributed by atoms with van der Waals surface area (Å²) in [6.07, 6.45) is 6.99. The molecule has 0 aromatic heterocycles. The van der Waals surface area contributed by atoms with Gasteiger partial charge in [0, 0.05) is 6.08 Å². The van der Waals surface area contributed by atoms with Crippen molar-refractivity contribution in [2.75, 3.05) is 0 Å². The highest BCUT2D eigenvalue weighted by molar-refractivity contribution is 5.80. The van der Waals surface area contributed by atoms with E-state index in [4.69, 9.17) is 10.4 Å². The minimum Gasteiger partial charge on any atom is -0.478 e. The van der Waals surface area contributed by atoms with Crippen molar-refractivity contribution in [3.8, 4) is 17.2 Å². The maximum atomic E-state index is 10.3. The number of carboxylic acid groups (broad SMARTS) is 1. The molecule has 3 nitrogen and oxygen atoms in total. The Kier molecular flexibility index (Phi) is 5.28. The highest BCUT2D eigenvalue weighted by Crippen LogP contribution is 2.20. The Bertz CT molecular complexity index is 732. The first kappa shape index (κ1) is 15.3. The molecule has 0 amide bonds. The van der Waals surface area contributed by atoms with Gasteiger partial charge in [0.15, 0.2) is 0 Å². The van der Waals surface area contributed by atoms with E-state index in [1.54, 1.807) is 18.2 Å². The predicted molar refractivity (Wildman–Crippen MR) is 86.2 cm³/mol.